The summed E-state index contributed by atoms with van der Waals surface area (Å²) in [4.78, 5) is 32.1. The van der Waals surface area contributed by atoms with E-state index in [1.165, 1.54) is 11.3 Å². The number of Topliss-reactive ketones (excluding diaryl/α,β-unsaturated/α-hetero) is 1. The van der Waals surface area contributed by atoms with Gasteiger partial charge in [-0.05, 0) is 25.0 Å². The van der Waals surface area contributed by atoms with Crippen LogP contribution in [0, 0.1) is 5.92 Å². The molecule has 2 aromatic rings. The van der Waals surface area contributed by atoms with E-state index in [4.69, 9.17) is 9.47 Å². The van der Waals surface area contributed by atoms with E-state index in [0.29, 0.717) is 18.1 Å². The Morgan fingerprint density at radius 2 is 2.16 bits per heavy atom. The minimum atomic E-state index is -0.710. The summed E-state index contributed by atoms with van der Waals surface area (Å²) in [6.45, 7) is 5.79. The van der Waals surface area contributed by atoms with E-state index >= 15 is 0 Å². The van der Waals surface area contributed by atoms with Crippen LogP contribution < -0.4 is 4.74 Å². The highest BCUT2D eigenvalue weighted by Gasteiger charge is 2.24. The predicted molar refractivity (Wildman–Crippen MR) is 99.9 cm³/mol. The summed E-state index contributed by atoms with van der Waals surface area (Å²) in [5.41, 5.74) is 0.803. The SMILES string of the molecule is CC(=O)C1CSC(c2nc3ccc(OC(=O)OCC(C)C)cc3s2)=N1. The number of thioether (sulfide) groups is 1. The van der Waals surface area contributed by atoms with Gasteiger partial charge < -0.3 is 9.47 Å². The van der Waals surface area contributed by atoms with Gasteiger partial charge in [-0.2, -0.15) is 0 Å². The maximum atomic E-state index is 11.7. The number of carbonyl (C=O) groups is 2. The van der Waals surface area contributed by atoms with Crippen LogP contribution in [-0.2, 0) is 9.53 Å². The first-order valence-corrected chi connectivity index (χ1v) is 9.69. The second-order valence-electron chi connectivity index (χ2n) is 6.08. The second kappa shape index (κ2) is 7.53. The Bertz CT molecular complexity index is 844. The maximum absolute atomic E-state index is 11.7. The Labute approximate surface area is 153 Å². The first-order chi connectivity index (χ1) is 11.9. The molecule has 1 aliphatic heterocycles. The molecule has 0 N–H and O–H groups in total. The lowest BCUT2D eigenvalue weighted by atomic mass is 10.2. The third-order valence-electron chi connectivity index (χ3n) is 3.40. The fraction of sp³-hybridized carbons (Fsp3) is 0.412. The molecular formula is C17H18N2O4S2. The van der Waals surface area contributed by atoms with Gasteiger partial charge in [0.25, 0.3) is 0 Å². The lowest BCUT2D eigenvalue weighted by Gasteiger charge is -2.07. The topological polar surface area (TPSA) is 77.8 Å². The molecule has 1 aromatic heterocycles. The van der Waals surface area contributed by atoms with Crippen molar-refractivity contribution < 1.29 is 19.1 Å². The molecule has 3 rings (SSSR count). The molecular weight excluding hydrogens is 360 g/mol. The van der Waals surface area contributed by atoms with E-state index < -0.39 is 6.16 Å². The number of hydrogen-bond acceptors (Lipinski definition) is 8. The number of fused-ring (bicyclic) bond motifs is 1. The summed E-state index contributed by atoms with van der Waals surface area (Å²) < 4.78 is 11.1. The monoisotopic (exact) mass is 378 g/mol. The van der Waals surface area contributed by atoms with Crippen molar-refractivity contribution in [1.82, 2.24) is 4.98 Å². The zero-order valence-electron chi connectivity index (χ0n) is 14.1. The Morgan fingerprint density at radius 3 is 2.84 bits per heavy atom. The maximum Gasteiger partial charge on any atom is 0.513 e. The van der Waals surface area contributed by atoms with E-state index in [-0.39, 0.29) is 17.7 Å². The average Bonchev–Trinajstić information content (AvgIpc) is 3.19. The summed E-state index contributed by atoms with van der Waals surface area (Å²) >= 11 is 3.00. The van der Waals surface area contributed by atoms with Crippen LogP contribution >= 0.6 is 23.1 Å². The minimum Gasteiger partial charge on any atom is -0.434 e. The number of carbonyl (C=O) groups excluding carboxylic acids is 2. The molecule has 0 fully saturated rings. The molecule has 132 valence electrons. The van der Waals surface area contributed by atoms with Gasteiger partial charge in [-0.1, -0.05) is 13.8 Å². The fourth-order valence-corrected chi connectivity index (χ4v) is 4.30. The highest BCUT2D eigenvalue weighted by atomic mass is 32.2. The summed E-state index contributed by atoms with van der Waals surface area (Å²) in [7, 11) is 0. The molecule has 0 saturated carbocycles. The summed E-state index contributed by atoms with van der Waals surface area (Å²) in [6, 6.07) is 4.96. The summed E-state index contributed by atoms with van der Waals surface area (Å²) in [5.74, 6) is 1.40. The third-order valence-corrected chi connectivity index (χ3v) is 5.61. The molecule has 0 saturated heterocycles. The van der Waals surface area contributed by atoms with Crippen LogP contribution in [-0.4, -0.2) is 40.4 Å². The number of ketones is 1. The van der Waals surface area contributed by atoms with Crippen molar-refractivity contribution in [3.63, 3.8) is 0 Å². The Balaban J connectivity index is 1.75. The van der Waals surface area contributed by atoms with E-state index in [1.807, 2.05) is 13.8 Å². The van der Waals surface area contributed by atoms with Gasteiger partial charge >= 0.3 is 6.16 Å². The zero-order chi connectivity index (χ0) is 18.0. The Morgan fingerprint density at radius 1 is 1.36 bits per heavy atom. The van der Waals surface area contributed by atoms with Crippen LogP contribution in [0.25, 0.3) is 10.2 Å². The standard InChI is InChI=1S/C17H18N2O4S2/c1-9(2)7-22-17(21)23-11-4-5-12-14(6-11)25-16(18-12)15-19-13(8-24-15)10(3)20/h4-6,9,13H,7-8H2,1-3H3. The zero-order valence-corrected chi connectivity index (χ0v) is 15.8. The fourth-order valence-electron chi connectivity index (χ4n) is 2.12. The van der Waals surface area contributed by atoms with Crippen LogP contribution in [0.3, 0.4) is 0 Å². The third kappa shape index (κ3) is 4.38. The van der Waals surface area contributed by atoms with Crippen LogP contribution in [0.1, 0.15) is 25.8 Å². The van der Waals surface area contributed by atoms with E-state index in [9.17, 15) is 9.59 Å². The number of nitrogens with zero attached hydrogens (tertiary/aromatic N) is 2. The van der Waals surface area contributed by atoms with Crippen molar-refractivity contribution in [3.8, 4) is 5.75 Å². The molecule has 1 unspecified atom stereocenters. The van der Waals surface area contributed by atoms with Crippen molar-refractivity contribution >= 4 is 50.3 Å². The van der Waals surface area contributed by atoms with Gasteiger partial charge in [0.15, 0.2) is 5.78 Å². The van der Waals surface area contributed by atoms with Gasteiger partial charge in [0.05, 0.1) is 16.8 Å². The molecule has 1 aliphatic rings. The van der Waals surface area contributed by atoms with Gasteiger partial charge in [0.1, 0.15) is 21.8 Å². The number of thiazole rings is 1. The van der Waals surface area contributed by atoms with Crippen molar-refractivity contribution in [2.45, 2.75) is 26.8 Å². The number of rotatable bonds is 5. The summed E-state index contributed by atoms with van der Waals surface area (Å²) in [5, 5.41) is 1.57. The highest BCUT2D eigenvalue weighted by Crippen LogP contribution is 2.31. The predicted octanol–water partition coefficient (Wildman–Crippen LogP) is 3.92. The molecule has 0 bridgehead atoms. The normalized spacial score (nSPS) is 17.0. The number of aliphatic imine (C=N–C) groups is 1. The summed E-state index contributed by atoms with van der Waals surface area (Å²) in [6.07, 6.45) is -0.710. The Kier molecular flexibility index (Phi) is 5.39. The number of hydrogen-bond donors (Lipinski definition) is 0. The van der Waals surface area contributed by atoms with Crippen LogP contribution in [0.5, 0.6) is 5.75 Å². The van der Waals surface area contributed by atoms with Crippen LogP contribution in [0.4, 0.5) is 4.79 Å². The molecule has 25 heavy (non-hydrogen) atoms. The van der Waals surface area contributed by atoms with E-state index in [2.05, 4.69) is 9.98 Å². The molecule has 8 heteroatoms. The van der Waals surface area contributed by atoms with Gasteiger partial charge in [-0.15, -0.1) is 23.1 Å². The molecule has 0 aliphatic carbocycles. The first kappa shape index (κ1) is 17.9. The molecule has 0 radical (unpaired) electrons. The van der Waals surface area contributed by atoms with Crippen molar-refractivity contribution in [1.29, 1.82) is 0 Å². The molecule has 0 amide bonds. The van der Waals surface area contributed by atoms with Gasteiger partial charge in [-0.3, -0.25) is 9.79 Å². The number of ether oxygens (including phenoxy) is 2. The molecule has 1 aromatic carbocycles. The van der Waals surface area contributed by atoms with Gasteiger partial charge in [0.2, 0.25) is 0 Å². The minimum absolute atomic E-state index is 0.0687. The van der Waals surface area contributed by atoms with Gasteiger partial charge in [-0.25, -0.2) is 9.78 Å². The molecule has 0 spiro atoms. The van der Waals surface area contributed by atoms with E-state index in [1.54, 1.807) is 36.9 Å². The second-order valence-corrected chi connectivity index (χ2v) is 8.12. The lowest BCUT2D eigenvalue weighted by molar-refractivity contribution is -0.117. The molecule has 1 atom stereocenters. The van der Waals surface area contributed by atoms with Crippen molar-refractivity contribution in [3.05, 3.63) is 23.2 Å². The highest BCUT2D eigenvalue weighted by molar-refractivity contribution is 8.15. The number of benzene rings is 1. The van der Waals surface area contributed by atoms with E-state index in [0.717, 1.165) is 20.3 Å². The largest absolute Gasteiger partial charge is 0.513 e. The van der Waals surface area contributed by atoms with Crippen LogP contribution in [0.15, 0.2) is 23.2 Å². The van der Waals surface area contributed by atoms with Crippen LogP contribution in [0.2, 0.25) is 0 Å². The molecule has 6 nitrogen and oxygen atoms in total. The van der Waals surface area contributed by atoms with Crippen molar-refractivity contribution in [2.75, 3.05) is 12.4 Å². The lowest BCUT2D eigenvalue weighted by Crippen LogP contribution is -2.14. The Hall–Kier alpha value is -1.93. The number of aromatic nitrogens is 1. The van der Waals surface area contributed by atoms with Gasteiger partial charge in [0, 0.05) is 11.8 Å². The first-order valence-electron chi connectivity index (χ1n) is 7.89. The average molecular weight is 378 g/mol. The smallest absolute Gasteiger partial charge is 0.434 e. The van der Waals surface area contributed by atoms with Crippen molar-refractivity contribution in [2.24, 2.45) is 10.9 Å². The molecule has 2 heterocycles. The quantitative estimate of drug-likeness (QED) is 0.580.